The summed E-state index contributed by atoms with van der Waals surface area (Å²) < 4.78 is 0. The van der Waals surface area contributed by atoms with Gasteiger partial charge in [-0.2, -0.15) is 0 Å². The van der Waals surface area contributed by atoms with E-state index in [9.17, 15) is 20.0 Å². The lowest BCUT2D eigenvalue weighted by Gasteiger charge is -2.33. The second-order valence-electron chi connectivity index (χ2n) is 5.04. The van der Waals surface area contributed by atoms with Crippen LogP contribution in [0.2, 0.25) is 5.02 Å². The number of hydrogen-bond donors (Lipinski definition) is 2. The summed E-state index contributed by atoms with van der Waals surface area (Å²) in [6.07, 6.45) is 3.37. The Kier molecular flexibility index (Phi) is 4.13. The van der Waals surface area contributed by atoms with Crippen molar-refractivity contribution in [2.45, 2.75) is 32.2 Å². The van der Waals surface area contributed by atoms with Crippen LogP contribution >= 0.6 is 11.6 Å². The molecule has 1 aliphatic carbocycles. The van der Waals surface area contributed by atoms with Crippen LogP contribution in [0, 0.1) is 16.0 Å². The second-order valence-corrected chi connectivity index (χ2v) is 5.44. The number of nitro groups is 1. The molecule has 0 aromatic heterocycles. The number of aromatic carboxylic acids is 1. The lowest BCUT2D eigenvalue weighted by molar-refractivity contribution is -0.384. The molecule has 0 radical (unpaired) electrons. The highest BCUT2D eigenvalue weighted by atomic mass is 35.5. The molecule has 0 saturated heterocycles. The summed E-state index contributed by atoms with van der Waals surface area (Å²) in [4.78, 5) is 21.4. The van der Waals surface area contributed by atoms with E-state index in [0.29, 0.717) is 5.92 Å². The molecule has 0 spiro atoms. The molecule has 1 aromatic rings. The maximum atomic E-state index is 11.3. The van der Waals surface area contributed by atoms with Gasteiger partial charge in [0.05, 0.1) is 21.2 Å². The summed E-state index contributed by atoms with van der Waals surface area (Å²) in [7, 11) is 0. The van der Waals surface area contributed by atoms with Crippen molar-refractivity contribution >= 4 is 28.9 Å². The van der Waals surface area contributed by atoms with Crippen molar-refractivity contribution in [2.75, 3.05) is 5.32 Å². The van der Waals surface area contributed by atoms with Gasteiger partial charge in [0, 0.05) is 18.2 Å². The van der Waals surface area contributed by atoms with Gasteiger partial charge in [0.15, 0.2) is 0 Å². The van der Waals surface area contributed by atoms with Crippen LogP contribution in [-0.4, -0.2) is 22.0 Å². The summed E-state index contributed by atoms with van der Waals surface area (Å²) in [5.74, 6) is -0.748. The highest BCUT2D eigenvalue weighted by Gasteiger charge is 2.27. The number of nitrogens with one attached hydrogen (secondary N) is 1. The molecule has 7 heteroatoms. The van der Waals surface area contributed by atoms with Gasteiger partial charge in [-0.1, -0.05) is 18.0 Å². The zero-order chi connectivity index (χ0) is 14.9. The third kappa shape index (κ3) is 2.85. The molecule has 2 N–H and O–H groups in total. The molecule has 1 fully saturated rings. The van der Waals surface area contributed by atoms with Crippen molar-refractivity contribution in [3.05, 3.63) is 32.8 Å². The molecule has 20 heavy (non-hydrogen) atoms. The summed E-state index contributed by atoms with van der Waals surface area (Å²) >= 11 is 6.00. The molecule has 1 unspecified atom stereocenters. The van der Waals surface area contributed by atoms with E-state index in [4.69, 9.17) is 11.6 Å². The lowest BCUT2D eigenvalue weighted by Crippen LogP contribution is -2.31. The molecule has 6 nitrogen and oxygen atoms in total. The summed E-state index contributed by atoms with van der Waals surface area (Å²) in [6.45, 7) is 1.97. The van der Waals surface area contributed by atoms with E-state index < -0.39 is 10.9 Å². The number of rotatable bonds is 5. The molecular formula is C13H15ClN2O4. The molecule has 0 amide bonds. The minimum absolute atomic E-state index is 0.0581. The number of carboxylic acid groups (broad SMARTS) is 1. The van der Waals surface area contributed by atoms with Crippen LogP contribution in [-0.2, 0) is 0 Å². The number of anilines is 1. The van der Waals surface area contributed by atoms with E-state index in [1.807, 2.05) is 6.92 Å². The van der Waals surface area contributed by atoms with Crippen LogP contribution in [0.4, 0.5) is 11.4 Å². The van der Waals surface area contributed by atoms with Gasteiger partial charge >= 0.3 is 5.97 Å². The quantitative estimate of drug-likeness (QED) is 0.640. The van der Waals surface area contributed by atoms with Crippen molar-refractivity contribution in [3.63, 3.8) is 0 Å². The molecular weight excluding hydrogens is 284 g/mol. The molecule has 1 aliphatic rings. The third-order valence-electron chi connectivity index (χ3n) is 3.75. The average molecular weight is 299 g/mol. The van der Waals surface area contributed by atoms with E-state index in [1.54, 1.807) is 0 Å². The molecule has 1 saturated carbocycles. The van der Waals surface area contributed by atoms with Crippen molar-refractivity contribution in [3.8, 4) is 0 Å². The number of carbonyl (C=O) groups is 1. The van der Waals surface area contributed by atoms with Crippen LogP contribution in [0.3, 0.4) is 0 Å². The molecule has 2 rings (SSSR count). The van der Waals surface area contributed by atoms with E-state index >= 15 is 0 Å². The minimum atomic E-state index is -1.24. The fraction of sp³-hybridized carbons (Fsp3) is 0.462. The topological polar surface area (TPSA) is 92.5 Å². The third-order valence-corrected chi connectivity index (χ3v) is 4.04. The Hall–Kier alpha value is -1.82. The van der Waals surface area contributed by atoms with Gasteiger partial charge in [-0.25, -0.2) is 4.79 Å². The predicted octanol–water partition coefficient (Wildman–Crippen LogP) is 3.55. The van der Waals surface area contributed by atoms with Crippen LogP contribution in [0.25, 0.3) is 0 Å². The molecule has 1 atom stereocenters. The van der Waals surface area contributed by atoms with Crippen LogP contribution in [0.5, 0.6) is 0 Å². The highest BCUT2D eigenvalue weighted by molar-refractivity contribution is 6.34. The van der Waals surface area contributed by atoms with Crippen LogP contribution in [0.1, 0.15) is 36.5 Å². The van der Waals surface area contributed by atoms with Gasteiger partial charge in [0.1, 0.15) is 0 Å². The van der Waals surface area contributed by atoms with Gasteiger partial charge in [-0.05, 0) is 25.7 Å². The zero-order valence-electron chi connectivity index (χ0n) is 10.9. The first-order valence-corrected chi connectivity index (χ1v) is 6.75. The summed E-state index contributed by atoms with van der Waals surface area (Å²) in [6, 6.07) is 2.29. The number of non-ortho nitro benzene ring substituents is 1. The maximum Gasteiger partial charge on any atom is 0.338 e. The predicted molar refractivity (Wildman–Crippen MR) is 75.5 cm³/mol. The first-order chi connectivity index (χ1) is 9.40. The Bertz CT molecular complexity index is 558. The Morgan fingerprint density at radius 1 is 1.55 bits per heavy atom. The van der Waals surface area contributed by atoms with Gasteiger partial charge < -0.3 is 10.4 Å². The van der Waals surface area contributed by atoms with Crippen molar-refractivity contribution in [1.29, 1.82) is 0 Å². The van der Waals surface area contributed by atoms with E-state index in [1.165, 1.54) is 12.5 Å². The van der Waals surface area contributed by atoms with Crippen LogP contribution in [0.15, 0.2) is 12.1 Å². The number of benzene rings is 1. The molecule has 1 aromatic carbocycles. The average Bonchev–Trinajstić information content (AvgIpc) is 2.28. The van der Waals surface area contributed by atoms with Crippen molar-refractivity contribution in [2.24, 2.45) is 5.92 Å². The van der Waals surface area contributed by atoms with Crippen LogP contribution < -0.4 is 5.32 Å². The normalized spacial score (nSPS) is 16.3. The smallest absolute Gasteiger partial charge is 0.338 e. The fourth-order valence-electron chi connectivity index (χ4n) is 2.30. The van der Waals surface area contributed by atoms with Crippen molar-refractivity contribution < 1.29 is 14.8 Å². The summed E-state index contributed by atoms with van der Waals surface area (Å²) in [5, 5.41) is 23.1. The maximum absolute atomic E-state index is 11.3. The minimum Gasteiger partial charge on any atom is -0.478 e. The number of nitrogens with zero attached hydrogens (tertiary/aromatic N) is 1. The van der Waals surface area contributed by atoms with E-state index in [-0.39, 0.29) is 28.0 Å². The highest BCUT2D eigenvalue weighted by Crippen LogP contribution is 2.35. The first kappa shape index (κ1) is 14.6. The summed E-state index contributed by atoms with van der Waals surface area (Å²) in [5.41, 5.74) is -0.242. The Labute approximate surface area is 120 Å². The molecule has 0 bridgehead atoms. The van der Waals surface area contributed by atoms with Gasteiger partial charge in [-0.3, -0.25) is 10.1 Å². The first-order valence-electron chi connectivity index (χ1n) is 6.38. The standard InChI is InChI=1S/C13H15ClN2O4/c1-7(8-3-2-4-8)15-12-10(13(17)18)5-9(16(19)20)6-11(12)14/h5-8,15H,2-4H2,1H3,(H,17,18). The Morgan fingerprint density at radius 2 is 2.20 bits per heavy atom. The number of halogens is 1. The lowest BCUT2D eigenvalue weighted by atomic mass is 9.80. The Morgan fingerprint density at radius 3 is 2.65 bits per heavy atom. The second kappa shape index (κ2) is 5.66. The Balaban J connectivity index is 2.34. The monoisotopic (exact) mass is 298 g/mol. The van der Waals surface area contributed by atoms with E-state index in [2.05, 4.69) is 5.32 Å². The largest absolute Gasteiger partial charge is 0.478 e. The SMILES string of the molecule is CC(Nc1c(Cl)cc([N+](=O)[O-])cc1C(=O)O)C1CCC1. The number of nitro benzene ring substituents is 1. The number of carboxylic acids is 1. The fourth-order valence-corrected chi connectivity index (χ4v) is 2.57. The van der Waals surface area contributed by atoms with Gasteiger partial charge in [0.2, 0.25) is 0 Å². The number of hydrogen-bond acceptors (Lipinski definition) is 4. The van der Waals surface area contributed by atoms with Gasteiger partial charge in [-0.15, -0.1) is 0 Å². The van der Waals surface area contributed by atoms with Crippen molar-refractivity contribution in [1.82, 2.24) is 0 Å². The molecule has 0 heterocycles. The van der Waals surface area contributed by atoms with Gasteiger partial charge in [0.25, 0.3) is 5.69 Å². The van der Waals surface area contributed by atoms with E-state index in [0.717, 1.165) is 18.9 Å². The molecule has 0 aliphatic heterocycles. The molecule has 108 valence electrons. The zero-order valence-corrected chi connectivity index (χ0v) is 11.7.